The second kappa shape index (κ2) is 3.72. The molecule has 0 amide bonds. The third kappa shape index (κ3) is 3.54. The van der Waals surface area contributed by atoms with E-state index in [0.29, 0.717) is 6.61 Å². The van der Waals surface area contributed by atoms with E-state index < -0.39 is 0 Å². The monoisotopic (exact) mass is 164 g/mol. The first kappa shape index (κ1) is 9.27. The van der Waals surface area contributed by atoms with Crippen LogP contribution in [0.5, 0.6) is 0 Å². The summed E-state index contributed by atoms with van der Waals surface area (Å²) in [7, 11) is 0. The van der Waals surface area contributed by atoms with E-state index in [1.807, 2.05) is 18.2 Å². The predicted molar refractivity (Wildman–Crippen MR) is 51.0 cm³/mol. The van der Waals surface area contributed by atoms with Gasteiger partial charge in [0.15, 0.2) is 0 Å². The molecule has 0 saturated heterocycles. The normalized spacial score (nSPS) is 11.6. The Morgan fingerprint density at radius 2 is 1.67 bits per heavy atom. The van der Waals surface area contributed by atoms with Crippen molar-refractivity contribution in [1.29, 1.82) is 0 Å². The third-order valence-electron chi connectivity index (χ3n) is 1.51. The summed E-state index contributed by atoms with van der Waals surface area (Å²) in [5, 5.41) is 0. The van der Waals surface area contributed by atoms with Crippen molar-refractivity contribution in [2.45, 2.75) is 33.0 Å². The van der Waals surface area contributed by atoms with Crippen molar-refractivity contribution in [1.82, 2.24) is 0 Å². The molecule has 0 aliphatic carbocycles. The maximum atomic E-state index is 5.62. The van der Waals surface area contributed by atoms with Gasteiger partial charge in [0.2, 0.25) is 0 Å². The van der Waals surface area contributed by atoms with Gasteiger partial charge in [-0.3, -0.25) is 0 Å². The molecule has 0 N–H and O–H groups in total. The summed E-state index contributed by atoms with van der Waals surface area (Å²) in [6.45, 7) is 6.90. The molecule has 0 radical (unpaired) electrons. The van der Waals surface area contributed by atoms with Crippen molar-refractivity contribution >= 4 is 0 Å². The molecule has 1 rings (SSSR count). The zero-order valence-electron chi connectivity index (χ0n) is 8.00. The van der Waals surface area contributed by atoms with E-state index in [9.17, 15) is 0 Å². The van der Waals surface area contributed by atoms with Crippen LogP contribution in [0.25, 0.3) is 0 Å². The highest BCUT2D eigenvalue weighted by Gasteiger charge is 2.09. The summed E-state index contributed by atoms with van der Waals surface area (Å²) in [5.74, 6) is 0. The lowest BCUT2D eigenvalue weighted by Crippen LogP contribution is -2.18. The van der Waals surface area contributed by atoms with Gasteiger partial charge in [-0.05, 0) is 26.3 Å². The van der Waals surface area contributed by atoms with Gasteiger partial charge in [-0.2, -0.15) is 0 Å². The minimum Gasteiger partial charge on any atom is -0.371 e. The summed E-state index contributed by atoms with van der Waals surface area (Å²) in [4.78, 5) is 0. The third-order valence-corrected chi connectivity index (χ3v) is 1.51. The first-order chi connectivity index (χ1) is 5.58. The molecular weight excluding hydrogens is 148 g/mol. The molecule has 12 heavy (non-hydrogen) atoms. The van der Waals surface area contributed by atoms with Gasteiger partial charge in [0.1, 0.15) is 0 Å². The van der Waals surface area contributed by atoms with Crippen molar-refractivity contribution in [3.05, 3.63) is 35.9 Å². The van der Waals surface area contributed by atoms with Gasteiger partial charge >= 0.3 is 0 Å². The van der Waals surface area contributed by atoms with Gasteiger partial charge in [0.25, 0.3) is 0 Å². The minimum atomic E-state index is -0.0458. The van der Waals surface area contributed by atoms with E-state index in [4.69, 9.17) is 4.74 Å². The number of ether oxygens (including phenoxy) is 1. The van der Waals surface area contributed by atoms with Crippen molar-refractivity contribution in [2.75, 3.05) is 0 Å². The molecule has 0 heterocycles. The predicted octanol–water partition coefficient (Wildman–Crippen LogP) is 3.00. The Bertz CT molecular complexity index is 221. The molecule has 0 aliphatic heterocycles. The van der Waals surface area contributed by atoms with Crippen LogP contribution in [0.1, 0.15) is 26.3 Å². The van der Waals surface area contributed by atoms with E-state index in [-0.39, 0.29) is 5.60 Å². The summed E-state index contributed by atoms with van der Waals surface area (Å²) in [6.07, 6.45) is 0. The Labute approximate surface area is 74.4 Å². The fourth-order valence-corrected chi connectivity index (χ4v) is 0.874. The van der Waals surface area contributed by atoms with Crippen LogP contribution >= 0.6 is 0 Å². The van der Waals surface area contributed by atoms with Gasteiger partial charge in [-0.15, -0.1) is 0 Å². The van der Waals surface area contributed by atoms with E-state index in [1.165, 1.54) is 5.56 Å². The number of rotatable bonds is 2. The lowest BCUT2D eigenvalue weighted by molar-refractivity contribution is -0.0149. The van der Waals surface area contributed by atoms with Crippen LogP contribution in [-0.4, -0.2) is 5.60 Å². The molecule has 66 valence electrons. The van der Waals surface area contributed by atoms with Crippen LogP contribution in [0.4, 0.5) is 0 Å². The van der Waals surface area contributed by atoms with Crippen LogP contribution in [0, 0.1) is 0 Å². The maximum absolute atomic E-state index is 5.62. The molecule has 0 bridgehead atoms. The van der Waals surface area contributed by atoms with Gasteiger partial charge in [0, 0.05) is 0 Å². The van der Waals surface area contributed by atoms with Gasteiger partial charge in [-0.25, -0.2) is 0 Å². The Balaban J connectivity index is 2.44. The highest BCUT2D eigenvalue weighted by atomic mass is 16.5. The largest absolute Gasteiger partial charge is 0.371 e. The molecule has 1 nitrogen and oxygen atoms in total. The standard InChI is InChI=1S/C11H16O/c1-11(2,3)12-9-10-7-5-4-6-8-10/h4-8H,9H2,1-3H3. The van der Waals surface area contributed by atoms with Crippen molar-refractivity contribution < 1.29 is 4.74 Å². The molecule has 0 spiro atoms. The summed E-state index contributed by atoms with van der Waals surface area (Å²) >= 11 is 0. The second-order valence-corrected chi connectivity index (χ2v) is 3.89. The van der Waals surface area contributed by atoms with Crippen LogP contribution < -0.4 is 0 Å². The molecule has 0 aliphatic rings. The molecule has 0 saturated carbocycles. The van der Waals surface area contributed by atoms with E-state index in [2.05, 4.69) is 32.9 Å². The smallest absolute Gasteiger partial charge is 0.0724 e. The molecular formula is C11H16O. The lowest BCUT2D eigenvalue weighted by atomic mass is 10.2. The van der Waals surface area contributed by atoms with E-state index in [0.717, 1.165) is 0 Å². The Hall–Kier alpha value is -0.820. The highest BCUT2D eigenvalue weighted by Crippen LogP contribution is 2.10. The molecule has 0 fully saturated rings. The van der Waals surface area contributed by atoms with Crippen LogP contribution in [0.3, 0.4) is 0 Å². The maximum Gasteiger partial charge on any atom is 0.0724 e. The summed E-state index contributed by atoms with van der Waals surface area (Å²) < 4.78 is 5.62. The quantitative estimate of drug-likeness (QED) is 0.653. The number of benzene rings is 1. The van der Waals surface area contributed by atoms with Gasteiger partial charge < -0.3 is 4.74 Å². The molecule has 1 aromatic rings. The molecule has 0 unspecified atom stereocenters. The van der Waals surface area contributed by atoms with Crippen molar-refractivity contribution in [2.24, 2.45) is 0 Å². The molecule has 0 atom stereocenters. The number of hydrogen-bond donors (Lipinski definition) is 0. The SMILES string of the molecule is CC(C)(C)OCc1ccccc1. The van der Waals surface area contributed by atoms with Crippen molar-refractivity contribution in [3.8, 4) is 0 Å². The summed E-state index contributed by atoms with van der Waals surface area (Å²) in [5.41, 5.74) is 1.18. The molecule has 1 aromatic carbocycles. The highest BCUT2D eigenvalue weighted by molar-refractivity contribution is 5.13. The minimum absolute atomic E-state index is 0.0458. The molecule has 1 heteroatoms. The van der Waals surface area contributed by atoms with Gasteiger partial charge in [0.05, 0.1) is 12.2 Å². The lowest BCUT2D eigenvalue weighted by Gasteiger charge is -2.19. The van der Waals surface area contributed by atoms with Crippen LogP contribution in [-0.2, 0) is 11.3 Å². The first-order valence-corrected chi connectivity index (χ1v) is 4.26. The first-order valence-electron chi connectivity index (χ1n) is 4.26. The van der Waals surface area contributed by atoms with Gasteiger partial charge in [-0.1, -0.05) is 30.3 Å². The Morgan fingerprint density at radius 3 is 2.17 bits per heavy atom. The average Bonchev–Trinajstić information content (AvgIpc) is 2.02. The topological polar surface area (TPSA) is 9.23 Å². The van der Waals surface area contributed by atoms with E-state index >= 15 is 0 Å². The molecule has 0 aromatic heterocycles. The zero-order valence-corrected chi connectivity index (χ0v) is 8.00. The van der Waals surface area contributed by atoms with E-state index in [1.54, 1.807) is 0 Å². The Morgan fingerprint density at radius 1 is 1.08 bits per heavy atom. The zero-order chi connectivity index (χ0) is 9.03. The van der Waals surface area contributed by atoms with Crippen molar-refractivity contribution in [3.63, 3.8) is 0 Å². The fraction of sp³-hybridized carbons (Fsp3) is 0.455. The fourth-order valence-electron chi connectivity index (χ4n) is 0.874. The van der Waals surface area contributed by atoms with Crippen LogP contribution in [0.2, 0.25) is 0 Å². The number of hydrogen-bond acceptors (Lipinski definition) is 1. The van der Waals surface area contributed by atoms with Crippen LogP contribution in [0.15, 0.2) is 30.3 Å². The average molecular weight is 164 g/mol. The second-order valence-electron chi connectivity index (χ2n) is 3.89. The Kier molecular flexibility index (Phi) is 2.88. The summed E-state index contributed by atoms with van der Waals surface area (Å²) in [6, 6.07) is 10.2.